The van der Waals surface area contributed by atoms with E-state index >= 15 is 0 Å². The van der Waals surface area contributed by atoms with Crippen LogP contribution >= 0.6 is 0 Å². The number of methoxy groups -OCH3 is 2. The summed E-state index contributed by atoms with van der Waals surface area (Å²) in [6.07, 6.45) is 0.696. The van der Waals surface area contributed by atoms with Crippen molar-refractivity contribution in [3.05, 3.63) is 23.0 Å². The molecule has 0 N–H and O–H groups in total. The van der Waals surface area contributed by atoms with Gasteiger partial charge >= 0.3 is 5.97 Å². The highest BCUT2D eigenvalue weighted by Crippen LogP contribution is 2.37. The van der Waals surface area contributed by atoms with Crippen LogP contribution in [0.5, 0.6) is 5.75 Å². The molecule has 1 rings (SSSR count). The molecule has 118 valence electrons. The predicted octanol–water partition coefficient (Wildman–Crippen LogP) is 1.29. The first-order chi connectivity index (χ1) is 9.57. The summed E-state index contributed by atoms with van der Waals surface area (Å²) in [4.78, 5) is 11.5. The van der Waals surface area contributed by atoms with E-state index < -0.39 is 50.4 Å². The molecule has 21 heavy (non-hydrogen) atoms. The van der Waals surface area contributed by atoms with Gasteiger partial charge in [-0.1, -0.05) is 0 Å². The van der Waals surface area contributed by atoms with Gasteiger partial charge in [-0.3, -0.25) is 4.31 Å². The molecule has 0 bridgehead atoms. The first-order valence-electron chi connectivity index (χ1n) is 5.34. The highest BCUT2D eigenvalue weighted by Gasteiger charge is 2.34. The normalized spacial score (nSPS) is 11.2. The number of esters is 1. The van der Waals surface area contributed by atoms with E-state index in [9.17, 15) is 26.4 Å². The van der Waals surface area contributed by atoms with Crippen molar-refractivity contribution in [1.29, 1.82) is 0 Å². The fraction of sp³-hybridized carbons (Fsp3) is 0.364. The van der Waals surface area contributed by atoms with Crippen molar-refractivity contribution < 1.29 is 35.9 Å². The Morgan fingerprint density at radius 3 is 2.00 bits per heavy atom. The van der Waals surface area contributed by atoms with Crippen LogP contribution in [0.2, 0.25) is 0 Å². The van der Waals surface area contributed by atoms with Gasteiger partial charge in [0.25, 0.3) is 0 Å². The Balaban J connectivity index is 3.90. The molecule has 1 aromatic carbocycles. The molecule has 0 heterocycles. The molecule has 0 atom stereocenters. The largest absolute Gasteiger partial charge is 0.491 e. The first kappa shape index (κ1) is 17.1. The van der Waals surface area contributed by atoms with Crippen LogP contribution in [0.1, 0.15) is 10.4 Å². The van der Waals surface area contributed by atoms with Gasteiger partial charge in [0.1, 0.15) is 11.3 Å². The van der Waals surface area contributed by atoms with Crippen LogP contribution in [0.25, 0.3) is 0 Å². The first-order valence-corrected chi connectivity index (χ1v) is 7.19. The molecule has 0 saturated heterocycles. The third-order valence-corrected chi connectivity index (χ3v) is 3.84. The van der Waals surface area contributed by atoms with E-state index in [0.29, 0.717) is 10.6 Å². The van der Waals surface area contributed by atoms with Crippen LogP contribution < -0.4 is 9.04 Å². The fourth-order valence-electron chi connectivity index (χ4n) is 1.56. The van der Waals surface area contributed by atoms with Crippen LogP contribution in [-0.2, 0) is 14.8 Å². The maximum absolute atomic E-state index is 14.2. The quantitative estimate of drug-likeness (QED) is 0.615. The summed E-state index contributed by atoms with van der Waals surface area (Å²) in [6, 6.07) is 0. The second kappa shape index (κ2) is 5.80. The summed E-state index contributed by atoms with van der Waals surface area (Å²) in [5.74, 6) is -7.65. The number of ether oxygens (including phenoxy) is 2. The number of benzene rings is 1. The Morgan fingerprint density at radius 1 is 1.10 bits per heavy atom. The van der Waals surface area contributed by atoms with Crippen LogP contribution in [-0.4, -0.2) is 41.9 Å². The topological polar surface area (TPSA) is 72.9 Å². The zero-order valence-corrected chi connectivity index (χ0v) is 12.3. The molecule has 0 aliphatic carbocycles. The minimum atomic E-state index is -4.06. The van der Waals surface area contributed by atoms with Gasteiger partial charge in [-0.05, 0) is 0 Å². The smallest absolute Gasteiger partial charge is 0.343 e. The summed E-state index contributed by atoms with van der Waals surface area (Å²) >= 11 is 0. The third kappa shape index (κ3) is 2.89. The van der Waals surface area contributed by atoms with E-state index in [-0.39, 0.29) is 0 Å². The number of nitrogens with zero attached hydrogens (tertiary/aromatic N) is 1. The van der Waals surface area contributed by atoms with Gasteiger partial charge in [-0.2, -0.15) is 4.39 Å². The fourth-order valence-corrected chi connectivity index (χ4v) is 2.06. The Hall–Kier alpha value is -1.97. The maximum Gasteiger partial charge on any atom is 0.343 e. The molecule has 0 aliphatic heterocycles. The molecule has 1 aromatic rings. The predicted molar refractivity (Wildman–Crippen MR) is 67.5 cm³/mol. The second-order valence-electron chi connectivity index (χ2n) is 3.92. The Morgan fingerprint density at radius 2 is 1.62 bits per heavy atom. The SMILES string of the molecule is COC(=O)c1c(F)c(F)c(OC)c(F)c1N(C)S(C)(=O)=O. The third-order valence-electron chi connectivity index (χ3n) is 2.66. The molecule has 10 heteroatoms. The Labute approximate surface area is 119 Å². The Kier molecular flexibility index (Phi) is 4.72. The zero-order valence-electron chi connectivity index (χ0n) is 11.5. The van der Waals surface area contributed by atoms with Gasteiger partial charge in [0, 0.05) is 7.05 Å². The molecule has 0 fully saturated rings. The number of carbonyl (C=O) groups is 1. The number of halogens is 3. The number of hydrogen-bond donors (Lipinski definition) is 0. The van der Waals surface area contributed by atoms with Gasteiger partial charge in [0.05, 0.1) is 20.5 Å². The van der Waals surface area contributed by atoms with Gasteiger partial charge < -0.3 is 9.47 Å². The number of hydrogen-bond acceptors (Lipinski definition) is 5. The summed E-state index contributed by atoms with van der Waals surface area (Å²) in [5.41, 5.74) is -2.18. The highest BCUT2D eigenvalue weighted by atomic mass is 32.2. The van der Waals surface area contributed by atoms with Gasteiger partial charge in [0.2, 0.25) is 15.8 Å². The van der Waals surface area contributed by atoms with E-state index in [1.165, 1.54) is 0 Å². The van der Waals surface area contributed by atoms with Crippen LogP contribution in [0.4, 0.5) is 18.9 Å². The molecule has 0 radical (unpaired) electrons. The lowest BCUT2D eigenvalue weighted by Gasteiger charge is -2.22. The van der Waals surface area contributed by atoms with Crippen molar-refractivity contribution in [3.8, 4) is 5.75 Å². The lowest BCUT2D eigenvalue weighted by atomic mass is 10.1. The second-order valence-corrected chi connectivity index (χ2v) is 5.93. The molecule has 0 aromatic heterocycles. The van der Waals surface area contributed by atoms with Crippen molar-refractivity contribution >= 4 is 21.7 Å². The van der Waals surface area contributed by atoms with Crippen molar-refractivity contribution in [2.24, 2.45) is 0 Å². The zero-order chi connectivity index (χ0) is 16.5. The maximum atomic E-state index is 14.2. The van der Waals surface area contributed by atoms with E-state index in [0.717, 1.165) is 21.3 Å². The molecule has 0 unspecified atom stereocenters. The summed E-state index contributed by atoms with van der Waals surface area (Å²) in [5, 5.41) is 0. The molecular formula is C11H12F3NO5S. The van der Waals surface area contributed by atoms with Gasteiger partial charge in [-0.15, -0.1) is 0 Å². The molecule has 0 amide bonds. The van der Waals surface area contributed by atoms with Crippen molar-refractivity contribution in [3.63, 3.8) is 0 Å². The number of rotatable bonds is 4. The minimum absolute atomic E-state index is 0.291. The van der Waals surface area contributed by atoms with Crippen molar-refractivity contribution in [2.45, 2.75) is 0 Å². The van der Waals surface area contributed by atoms with Gasteiger partial charge in [0.15, 0.2) is 17.4 Å². The monoisotopic (exact) mass is 327 g/mol. The number of anilines is 1. The number of carbonyl (C=O) groups excluding carboxylic acids is 1. The summed E-state index contributed by atoms with van der Waals surface area (Å²) in [7, 11) is -1.47. The molecule has 0 spiro atoms. The van der Waals surface area contributed by atoms with E-state index in [1.807, 2.05) is 0 Å². The molecule has 0 saturated carbocycles. The molecular weight excluding hydrogens is 315 g/mol. The highest BCUT2D eigenvalue weighted by molar-refractivity contribution is 7.92. The van der Waals surface area contributed by atoms with Crippen molar-refractivity contribution in [2.75, 3.05) is 31.8 Å². The van der Waals surface area contributed by atoms with Crippen LogP contribution in [0.3, 0.4) is 0 Å². The lowest BCUT2D eigenvalue weighted by molar-refractivity contribution is 0.0594. The van der Waals surface area contributed by atoms with Crippen molar-refractivity contribution in [1.82, 2.24) is 0 Å². The minimum Gasteiger partial charge on any atom is -0.491 e. The van der Waals surface area contributed by atoms with Gasteiger partial charge in [-0.25, -0.2) is 22.0 Å². The Bertz CT molecular complexity index is 690. The van der Waals surface area contributed by atoms with E-state index in [1.54, 1.807) is 0 Å². The van der Waals surface area contributed by atoms with Crippen LogP contribution in [0.15, 0.2) is 0 Å². The summed E-state index contributed by atoms with van der Waals surface area (Å²) < 4.78 is 73.7. The standard InChI is InChI=1S/C11H12F3NO5S/c1-15(21(4,17)18)9-5(11(16)20-3)6(12)7(13)10(19-2)8(9)14/h1-4H3. The van der Waals surface area contributed by atoms with Crippen LogP contribution in [0, 0.1) is 17.5 Å². The average molecular weight is 327 g/mol. The number of sulfonamides is 1. The lowest BCUT2D eigenvalue weighted by Crippen LogP contribution is -2.29. The summed E-state index contributed by atoms with van der Waals surface area (Å²) in [6.45, 7) is 0. The average Bonchev–Trinajstić information content (AvgIpc) is 2.40. The van der Waals surface area contributed by atoms with E-state index in [4.69, 9.17) is 0 Å². The van der Waals surface area contributed by atoms with E-state index in [2.05, 4.69) is 9.47 Å². The molecule has 0 aliphatic rings. The molecule has 6 nitrogen and oxygen atoms in total.